The zero-order chi connectivity index (χ0) is 7.82. The number of carbonyl (C=O) groups excluding carboxylic acids is 1. The van der Waals surface area contributed by atoms with Crippen LogP contribution in [0.4, 0.5) is 0 Å². The molecule has 0 aliphatic heterocycles. The van der Waals surface area contributed by atoms with Crippen LogP contribution in [-0.2, 0) is 4.79 Å². The molecule has 1 radical (unpaired) electrons. The zero-order valence-electron chi connectivity index (χ0n) is 6.72. The Bertz CT molecular complexity index is 91.3. The lowest BCUT2D eigenvalue weighted by atomic mass is 10.4. The van der Waals surface area contributed by atoms with Gasteiger partial charge in [0.25, 0.3) is 0 Å². The fraction of sp³-hybridized carbons (Fsp3) is 0.750. The molecule has 2 heteroatoms. The summed E-state index contributed by atoms with van der Waals surface area (Å²) in [6, 6.07) is 0. The number of unbranched alkanes of at least 4 members (excludes halogenated alkanes) is 1. The topological polar surface area (TPSA) is 17.1 Å². The van der Waals surface area contributed by atoms with Crippen LogP contribution in [0.5, 0.6) is 0 Å². The van der Waals surface area contributed by atoms with Crippen LogP contribution in [0.1, 0.15) is 39.5 Å². The number of hydrogen-bond acceptors (Lipinski definition) is 2. The first-order chi connectivity index (χ1) is 4.81. The van der Waals surface area contributed by atoms with Gasteiger partial charge in [-0.2, -0.15) is 0 Å². The SMILES string of the molecule is CCC[CH]SC(=O)CCC. The molecule has 0 aromatic rings. The molecule has 0 aromatic heterocycles. The standard InChI is InChI=1S/C8H15OS/c1-3-5-7-10-8(9)6-4-2/h7H,3-6H2,1-2H3. The second-order valence-electron chi connectivity index (χ2n) is 2.20. The molecule has 0 fully saturated rings. The van der Waals surface area contributed by atoms with E-state index in [2.05, 4.69) is 6.92 Å². The Morgan fingerprint density at radius 2 is 2.10 bits per heavy atom. The van der Waals surface area contributed by atoms with E-state index in [4.69, 9.17) is 0 Å². The first-order valence-corrected chi connectivity index (χ1v) is 4.70. The number of hydrogen-bond donors (Lipinski definition) is 0. The highest BCUT2D eigenvalue weighted by atomic mass is 32.2. The van der Waals surface area contributed by atoms with E-state index < -0.39 is 0 Å². The van der Waals surface area contributed by atoms with Gasteiger partial charge in [0.05, 0.1) is 0 Å². The quantitative estimate of drug-likeness (QED) is 0.574. The average molecular weight is 159 g/mol. The summed E-state index contributed by atoms with van der Waals surface area (Å²) < 4.78 is 0. The summed E-state index contributed by atoms with van der Waals surface area (Å²) in [6.07, 6.45) is 3.85. The minimum absolute atomic E-state index is 0.302. The summed E-state index contributed by atoms with van der Waals surface area (Å²) in [4.78, 5) is 10.8. The van der Waals surface area contributed by atoms with Crippen LogP contribution in [0.2, 0.25) is 0 Å². The molecular weight excluding hydrogens is 144 g/mol. The van der Waals surface area contributed by atoms with Crippen molar-refractivity contribution in [1.82, 2.24) is 0 Å². The van der Waals surface area contributed by atoms with Gasteiger partial charge in [-0.05, 0) is 12.8 Å². The molecule has 1 nitrogen and oxygen atoms in total. The number of thioether (sulfide) groups is 1. The second kappa shape index (κ2) is 7.13. The molecule has 0 saturated heterocycles. The Morgan fingerprint density at radius 1 is 1.40 bits per heavy atom. The molecule has 0 N–H and O–H groups in total. The fourth-order valence-electron chi connectivity index (χ4n) is 0.533. The van der Waals surface area contributed by atoms with Crippen molar-refractivity contribution in [1.29, 1.82) is 0 Å². The van der Waals surface area contributed by atoms with Crippen molar-refractivity contribution in [2.45, 2.75) is 39.5 Å². The highest BCUT2D eigenvalue weighted by Crippen LogP contribution is 2.13. The molecule has 0 aliphatic carbocycles. The third-order valence-electron chi connectivity index (χ3n) is 1.08. The molecule has 0 rings (SSSR count). The van der Waals surface area contributed by atoms with Crippen LogP contribution >= 0.6 is 11.8 Å². The van der Waals surface area contributed by atoms with Crippen molar-refractivity contribution in [3.63, 3.8) is 0 Å². The Kier molecular flexibility index (Phi) is 7.15. The largest absolute Gasteiger partial charge is 0.287 e. The molecular formula is C8H15OS. The van der Waals surface area contributed by atoms with Crippen molar-refractivity contribution >= 4 is 16.9 Å². The Balaban J connectivity index is 3.05. The normalized spacial score (nSPS) is 9.80. The molecule has 0 heterocycles. The summed E-state index contributed by atoms with van der Waals surface area (Å²) in [5, 5.41) is 0.302. The van der Waals surface area contributed by atoms with E-state index in [-0.39, 0.29) is 0 Å². The highest BCUT2D eigenvalue weighted by molar-refractivity contribution is 8.15. The lowest BCUT2D eigenvalue weighted by Crippen LogP contribution is -1.88. The lowest BCUT2D eigenvalue weighted by Gasteiger charge is -1.95. The molecule has 0 atom stereocenters. The first-order valence-electron chi connectivity index (χ1n) is 3.82. The van der Waals surface area contributed by atoms with Crippen LogP contribution in [-0.4, -0.2) is 5.12 Å². The summed E-state index contributed by atoms with van der Waals surface area (Å²) in [6.45, 7) is 4.14. The van der Waals surface area contributed by atoms with Gasteiger partial charge in [-0.25, -0.2) is 0 Å². The van der Waals surface area contributed by atoms with E-state index >= 15 is 0 Å². The maximum Gasteiger partial charge on any atom is 0.189 e. The summed E-state index contributed by atoms with van der Waals surface area (Å²) >= 11 is 1.36. The van der Waals surface area contributed by atoms with Crippen molar-refractivity contribution in [3.05, 3.63) is 5.75 Å². The van der Waals surface area contributed by atoms with E-state index in [0.717, 1.165) is 19.3 Å². The minimum atomic E-state index is 0.302. The predicted octanol–water partition coefficient (Wildman–Crippen LogP) is 3.01. The average Bonchev–Trinajstić information content (AvgIpc) is 1.89. The molecule has 10 heavy (non-hydrogen) atoms. The van der Waals surface area contributed by atoms with E-state index in [1.807, 2.05) is 12.7 Å². The second-order valence-corrected chi connectivity index (χ2v) is 3.22. The Labute approximate surface area is 67.6 Å². The van der Waals surface area contributed by atoms with Gasteiger partial charge in [-0.15, -0.1) is 0 Å². The first kappa shape index (κ1) is 10.0. The van der Waals surface area contributed by atoms with Crippen LogP contribution in [0.25, 0.3) is 0 Å². The third kappa shape index (κ3) is 6.14. The maximum absolute atomic E-state index is 10.8. The van der Waals surface area contributed by atoms with Crippen molar-refractivity contribution < 1.29 is 4.79 Å². The third-order valence-corrected chi connectivity index (χ3v) is 1.94. The molecule has 59 valence electrons. The molecule has 0 spiro atoms. The van der Waals surface area contributed by atoms with Gasteiger partial charge in [-0.3, -0.25) is 4.79 Å². The van der Waals surface area contributed by atoms with Gasteiger partial charge in [-0.1, -0.05) is 32.0 Å². The predicted molar refractivity (Wildman–Crippen MR) is 46.7 cm³/mol. The van der Waals surface area contributed by atoms with Gasteiger partial charge in [0.15, 0.2) is 5.12 Å². The number of rotatable bonds is 5. The molecule has 0 saturated carbocycles. The van der Waals surface area contributed by atoms with Crippen LogP contribution in [0.3, 0.4) is 0 Å². The minimum Gasteiger partial charge on any atom is -0.287 e. The molecule has 0 aliphatic rings. The molecule has 0 bridgehead atoms. The van der Waals surface area contributed by atoms with E-state index in [9.17, 15) is 4.79 Å². The molecule has 0 amide bonds. The molecule has 0 aromatic carbocycles. The van der Waals surface area contributed by atoms with Gasteiger partial charge in [0.2, 0.25) is 0 Å². The lowest BCUT2D eigenvalue weighted by molar-refractivity contribution is -0.110. The van der Waals surface area contributed by atoms with E-state index in [0.29, 0.717) is 11.5 Å². The fourth-order valence-corrected chi connectivity index (χ4v) is 1.39. The summed E-state index contributed by atoms with van der Waals surface area (Å²) in [7, 11) is 0. The van der Waals surface area contributed by atoms with Gasteiger partial charge in [0, 0.05) is 12.2 Å². The summed E-state index contributed by atoms with van der Waals surface area (Å²) in [5.41, 5.74) is 0. The van der Waals surface area contributed by atoms with Crippen LogP contribution in [0.15, 0.2) is 0 Å². The summed E-state index contributed by atoms with van der Waals surface area (Å²) in [5.74, 6) is 2.00. The smallest absolute Gasteiger partial charge is 0.189 e. The van der Waals surface area contributed by atoms with Gasteiger partial charge in [0.1, 0.15) is 0 Å². The molecule has 0 unspecified atom stereocenters. The van der Waals surface area contributed by atoms with Gasteiger partial charge >= 0.3 is 0 Å². The van der Waals surface area contributed by atoms with E-state index in [1.165, 1.54) is 11.8 Å². The van der Waals surface area contributed by atoms with Crippen molar-refractivity contribution in [3.8, 4) is 0 Å². The van der Waals surface area contributed by atoms with Crippen LogP contribution in [0, 0.1) is 5.75 Å². The monoisotopic (exact) mass is 159 g/mol. The van der Waals surface area contributed by atoms with Crippen LogP contribution < -0.4 is 0 Å². The maximum atomic E-state index is 10.8. The van der Waals surface area contributed by atoms with Crippen molar-refractivity contribution in [2.24, 2.45) is 0 Å². The Morgan fingerprint density at radius 3 is 2.60 bits per heavy atom. The zero-order valence-corrected chi connectivity index (χ0v) is 7.54. The number of carbonyl (C=O) groups is 1. The van der Waals surface area contributed by atoms with E-state index in [1.54, 1.807) is 0 Å². The van der Waals surface area contributed by atoms with Gasteiger partial charge < -0.3 is 0 Å². The van der Waals surface area contributed by atoms with Crippen molar-refractivity contribution in [2.75, 3.05) is 0 Å². The Hall–Kier alpha value is 0.0200. The highest BCUT2D eigenvalue weighted by Gasteiger charge is 1.98.